The summed E-state index contributed by atoms with van der Waals surface area (Å²) < 4.78 is 30.0. The molecule has 3 aromatic carbocycles. The molecule has 12 heteroatoms. The number of aromatic nitrogens is 6. The lowest BCUT2D eigenvalue weighted by atomic mass is 9.99. The summed E-state index contributed by atoms with van der Waals surface area (Å²) in [6.07, 6.45) is 3.81. The molecule has 2 heterocycles. The van der Waals surface area contributed by atoms with Gasteiger partial charge in [0.25, 0.3) is 10.0 Å². The van der Waals surface area contributed by atoms with E-state index in [1.54, 1.807) is 42.5 Å². The number of imidazole rings is 1. The number of H-pyrrole nitrogens is 1. The Hall–Kier alpha value is -4.39. The maximum Gasteiger partial charge on any atom is 0.261 e. The smallest absolute Gasteiger partial charge is 0.261 e. The van der Waals surface area contributed by atoms with Crippen LogP contribution in [0.25, 0.3) is 22.6 Å². The quantitative estimate of drug-likeness (QED) is 0.175. The van der Waals surface area contributed by atoms with Gasteiger partial charge in [-0.05, 0) is 55.3 Å². The van der Waals surface area contributed by atoms with Crippen molar-refractivity contribution in [2.45, 2.75) is 43.4 Å². The first-order chi connectivity index (χ1) is 19.7. The first-order valence-electron chi connectivity index (χ1n) is 13.2. The molecule has 0 amide bonds. The largest absolute Gasteiger partial charge is 0.387 e. The SMILES string of the molecule is CC(C)(CCn1cnc(-c2ccc(-c3nn[nH]n3)cc2)c1)NC[C@H](O)c1cccc(NS(=O)(=O)c2ccccc2)c1. The number of aryl methyl sites for hydroxylation is 1. The lowest BCUT2D eigenvalue weighted by molar-refractivity contribution is 0.158. The van der Waals surface area contributed by atoms with Crippen LogP contribution in [-0.4, -0.2) is 55.8 Å². The number of aromatic amines is 1. The molecule has 0 aliphatic carbocycles. The van der Waals surface area contributed by atoms with Crippen LogP contribution in [0.15, 0.2) is 96.3 Å². The molecule has 11 nitrogen and oxygen atoms in total. The molecule has 0 saturated carbocycles. The molecule has 0 bridgehead atoms. The predicted octanol–water partition coefficient (Wildman–Crippen LogP) is 4.02. The van der Waals surface area contributed by atoms with Gasteiger partial charge in [-0.2, -0.15) is 5.21 Å². The fraction of sp³-hybridized carbons (Fsp3) is 0.241. The molecule has 1 atom stereocenters. The van der Waals surface area contributed by atoms with Gasteiger partial charge in [-0.3, -0.25) is 4.72 Å². The summed E-state index contributed by atoms with van der Waals surface area (Å²) in [5.74, 6) is 0.544. The van der Waals surface area contributed by atoms with Crippen LogP contribution in [0.4, 0.5) is 5.69 Å². The number of aliphatic hydroxyl groups excluding tert-OH is 1. The van der Waals surface area contributed by atoms with Crippen LogP contribution in [0.5, 0.6) is 0 Å². The summed E-state index contributed by atoms with van der Waals surface area (Å²) in [4.78, 5) is 4.73. The summed E-state index contributed by atoms with van der Waals surface area (Å²) in [5.41, 5.74) is 3.47. The van der Waals surface area contributed by atoms with Gasteiger partial charge in [0.05, 0.1) is 23.0 Å². The Labute approximate surface area is 238 Å². The number of nitrogens with zero attached hydrogens (tertiary/aromatic N) is 5. The van der Waals surface area contributed by atoms with Gasteiger partial charge in [0, 0.05) is 41.6 Å². The Kier molecular flexibility index (Phi) is 8.24. The van der Waals surface area contributed by atoms with Crippen LogP contribution in [0, 0.1) is 0 Å². The Morgan fingerprint density at radius 1 is 1.00 bits per heavy atom. The fourth-order valence-electron chi connectivity index (χ4n) is 4.32. The second-order valence-corrected chi connectivity index (χ2v) is 12.1. The van der Waals surface area contributed by atoms with Crippen molar-refractivity contribution in [1.29, 1.82) is 0 Å². The molecular formula is C29H32N8O3S. The number of benzene rings is 3. The van der Waals surface area contributed by atoms with Crippen molar-refractivity contribution in [3.8, 4) is 22.6 Å². The number of hydrogen-bond donors (Lipinski definition) is 4. The van der Waals surface area contributed by atoms with Gasteiger partial charge in [-0.15, -0.1) is 10.2 Å². The molecule has 5 rings (SSSR count). The van der Waals surface area contributed by atoms with E-state index in [2.05, 4.69) is 49.5 Å². The average molecular weight is 573 g/mol. The van der Waals surface area contributed by atoms with Crippen LogP contribution >= 0.6 is 0 Å². The Balaban J connectivity index is 1.14. The molecular weight excluding hydrogens is 540 g/mol. The van der Waals surface area contributed by atoms with E-state index in [0.29, 0.717) is 23.6 Å². The van der Waals surface area contributed by atoms with E-state index in [9.17, 15) is 13.5 Å². The van der Waals surface area contributed by atoms with Crippen molar-refractivity contribution in [1.82, 2.24) is 35.5 Å². The lowest BCUT2D eigenvalue weighted by Gasteiger charge is -2.28. The second-order valence-electron chi connectivity index (χ2n) is 10.4. The van der Waals surface area contributed by atoms with Crippen LogP contribution in [0.1, 0.15) is 31.9 Å². The van der Waals surface area contributed by atoms with Gasteiger partial charge in [0.2, 0.25) is 5.82 Å². The number of sulfonamides is 1. The standard InChI is InChI=1S/C29H32N8O3S/c1-29(2,15-16-37-19-26(30-20-37)21-11-13-22(14-12-21)28-32-35-36-33-28)31-18-27(38)23-7-6-8-24(17-23)34-41(39,40)25-9-4-3-5-10-25/h3-14,17,19-20,27,31,34,38H,15-16,18H2,1-2H3,(H,32,33,35,36)/t27-/m0/s1. The van der Waals surface area contributed by atoms with Crippen LogP contribution in [0.3, 0.4) is 0 Å². The van der Waals surface area contributed by atoms with Crippen molar-refractivity contribution < 1.29 is 13.5 Å². The summed E-state index contributed by atoms with van der Waals surface area (Å²) in [6, 6.07) is 22.8. The minimum absolute atomic E-state index is 0.179. The van der Waals surface area contributed by atoms with Crippen molar-refractivity contribution in [2.24, 2.45) is 0 Å². The van der Waals surface area contributed by atoms with E-state index in [1.807, 2.05) is 41.4 Å². The van der Waals surface area contributed by atoms with Crippen molar-refractivity contribution in [3.05, 3.63) is 97.0 Å². The normalized spacial score (nSPS) is 12.8. The number of tetrazole rings is 1. The number of anilines is 1. The predicted molar refractivity (Wildman–Crippen MR) is 156 cm³/mol. The monoisotopic (exact) mass is 572 g/mol. The van der Waals surface area contributed by atoms with Crippen LogP contribution < -0.4 is 10.0 Å². The highest BCUT2D eigenvalue weighted by molar-refractivity contribution is 7.92. The fourth-order valence-corrected chi connectivity index (χ4v) is 5.39. The van der Waals surface area contributed by atoms with E-state index < -0.39 is 16.1 Å². The molecule has 4 N–H and O–H groups in total. The van der Waals surface area contributed by atoms with E-state index >= 15 is 0 Å². The van der Waals surface area contributed by atoms with Crippen molar-refractivity contribution in [3.63, 3.8) is 0 Å². The second kappa shape index (κ2) is 12.0. The highest BCUT2D eigenvalue weighted by atomic mass is 32.2. The average Bonchev–Trinajstić information content (AvgIpc) is 3.69. The zero-order valence-electron chi connectivity index (χ0n) is 22.8. The molecule has 0 spiro atoms. The third kappa shape index (κ3) is 7.23. The van der Waals surface area contributed by atoms with Gasteiger partial charge >= 0.3 is 0 Å². The molecule has 2 aromatic heterocycles. The number of rotatable bonds is 12. The summed E-state index contributed by atoms with van der Waals surface area (Å²) in [5, 5.41) is 28.3. The van der Waals surface area contributed by atoms with Crippen LogP contribution in [-0.2, 0) is 16.6 Å². The van der Waals surface area contributed by atoms with Gasteiger partial charge in [0.1, 0.15) is 0 Å². The van der Waals surface area contributed by atoms with Crippen molar-refractivity contribution in [2.75, 3.05) is 11.3 Å². The number of nitrogens with one attached hydrogen (secondary N) is 3. The Morgan fingerprint density at radius 3 is 2.49 bits per heavy atom. The molecule has 0 fully saturated rings. The first-order valence-corrected chi connectivity index (χ1v) is 14.6. The number of aliphatic hydroxyl groups is 1. The maximum atomic E-state index is 12.7. The lowest BCUT2D eigenvalue weighted by Crippen LogP contribution is -2.42. The first kappa shape index (κ1) is 28.1. The maximum absolute atomic E-state index is 12.7. The summed E-state index contributed by atoms with van der Waals surface area (Å²) in [6.45, 7) is 5.21. The van der Waals surface area contributed by atoms with E-state index in [4.69, 9.17) is 0 Å². The molecule has 0 unspecified atom stereocenters. The minimum atomic E-state index is -3.72. The zero-order chi connectivity index (χ0) is 28.9. The summed E-state index contributed by atoms with van der Waals surface area (Å²) >= 11 is 0. The molecule has 0 aliphatic rings. The van der Waals surface area contributed by atoms with Crippen molar-refractivity contribution >= 4 is 15.7 Å². The Bertz CT molecular complexity index is 1670. The topological polar surface area (TPSA) is 151 Å². The molecule has 0 aliphatic heterocycles. The number of β-amino-alcohol motifs (C(OH)–C–C–N with tert-alkyl or cyclic N) is 1. The third-order valence-electron chi connectivity index (χ3n) is 6.76. The minimum Gasteiger partial charge on any atom is -0.387 e. The zero-order valence-corrected chi connectivity index (χ0v) is 23.6. The third-order valence-corrected chi connectivity index (χ3v) is 8.16. The van der Waals surface area contributed by atoms with Gasteiger partial charge in [-0.25, -0.2) is 13.4 Å². The van der Waals surface area contributed by atoms with Crippen LogP contribution in [0.2, 0.25) is 0 Å². The van der Waals surface area contributed by atoms with E-state index in [-0.39, 0.29) is 10.4 Å². The highest BCUT2D eigenvalue weighted by Gasteiger charge is 2.20. The Morgan fingerprint density at radius 2 is 1.76 bits per heavy atom. The van der Waals surface area contributed by atoms with E-state index in [0.717, 1.165) is 29.8 Å². The summed E-state index contributed by atoms with van der Waals surface area (Å²) in [7, 11) is -3.72. The molecule has 0 radical (unpaired) electrons. The van der Waals surface area contributed by atoms with Gasteiger partial charge in [-0.1, -0.05) is 54.6 Å². The van der Waals surface area contributed by atoms with Gasteiger partial charge in [0.15, 0.2) is 0 Å². The molecule has 212 valence electrons. The number of hydrogen-bond acceptors (Lipinski definition) is 8. The van der Waals surface area contributed by atoms with Gasteiger partial charge < -0.3 is 15.0 Å². The molecule has 0 saturated heterocycles. The molecule has 41 heavy (non-hydrogen) atoms. The van der Waals surface area contributed by atoms with E-state index in [1.165, 1.54) is 12.1 Å². The molecule has 5 aromatic rings. The highest BCUT2D eigenvalue weighted by Crippen LogP contribution is 2.23.